The summed E-state index contributed by atoms with van der Waals surface area (Å²) < 4.78 is 0. The second kappa shape index (κ2) is 8.58. The Kier molecular flexibility index (Phi) is 8.20. The van der Waals surface area contributed by atoms with E-state index in [1.54, 1.807) is 0 Å². The fraction of sp³-hybridized carbons (Fsp3) is 0.667. The Morgan fingerprint density at radius 1 is 1.17 bits per heavy atom. The molecule has 0 spiro atoms. The van der Waals surface area contributed by atoms with Crippen LogP contribution in [-0.4, -0.2) is 0 Å². The largest absolute Gasteiger partial charge is 0.0917 e. The van der Waals surface area contributed by atoms with Crippen molar-refractivity contribution in [3.05, 3.63) is 24.3 Å². The van der Waals surface area contributed by atoms with Crippen LogP contribution in [-0.2, 0) is 0 Å². The highest BCUT2D eigenvalue weighted by Crippen LogP contribution is 2.11. The van der Waals surface area contributed by atoms with Crippen molar-refractivity contribution in [3.63, 3.8) is 0 Å². The molecule has 12 heavy (non-hydrogen) atoms. The van der Waals surface area contributed by atoms with Gasteiger partial charge in [0.2, 0.25) is 0 Å². The molecule has 0 aromatic carbocycles. The molecule has 0 radical (unpaired) electrons. The summed E-state index contributed by atoms with van der Waals surface area (Å²) in [7, 11) is 0. The van der Waals surface area contributed by atoms with E-state index in [4.69, 9.17) is 0 Å². The molecule has 0 nitrogen and oxygen atoms in total. The topological polar surface area (TPSA) is 0 Å². The van der Waals surface area contributed by atoms with Gasteiger partial charge in [0.05, 0.1) is 0 Å². The molecule has 70 valence electrons. The second-order valence-electron chi connectivity index (χ2n) is 3.37. The summed E-state index contributed by atoms with van der Waals surface area (Å²) in [6, 6.07) is 0. The van der Waals surface area contributed by atoms with Crippen molar-refractivity contribution in [2.75, 3.05) is 0 Å². The third kappa shape index (κ3) is 7.59. The molecule has 0 saturated heterocycles. The summed E-state index contributed by atoms with van der Waals surface area (Å²) in [5, 5.41) is 0. The van der Waals surface area contributed by atoms with Gasteiger partial charge >= 0.3 is 0 Å². The Morgan fingerprint density at radius 2 is 1.92 bits per heavy atom. The van der Waals surface area contributed by atoms with Crippen LogP contribution in [0.2, 0.25) is 0 Å². The minimum absolute atomic E-state index is 0.836. The molecule has 0 bridgehead atoms. The number of hydrogen-bond donors (Lipinski definition) is 0. The summed E-state index contributed by atoms with van der Waals surface area (Å²) in [5.74, 6) is 0.836. The second-order valence-corrected chi connectivity index (χ2v) is 3.37. The highest BCUT2D eigenvalue weighted by atomic mass is 14.0. The minimum Gasteiger partial charge on any atom is -0.0917 e. The van der Waals surface area contributed by atoms with Gasteiger partial charge in [0.25, 0.3) is 0 Å². The van der Waals surface area contributed by atoms with E-state index >= 15 is 0 Å². The van der Waals surface area contributed by atoms with E-state index in [2.05, 4.69) is 45.1 Å². The third-order valence-corrected chi connectivity index (χ3v) is 2.00. The highest BCUT2D eigenvalue weighted by molar-refractivity contribution is 4.83. The molecule has 0 heteroatoms. The van der Waals surface area contributed by atoms with Crippen LogP contribution in [0.4, 0.5) is 0 Å². The van der Waals surface area contributed by atoms with Gasteiger partial charge in [0.15, 0.2) is 0 Å². The maximum atomic E-state index is 2.32. The van der Waals surface area contributed by atoms with Crippen molar-refractivity contribution in [3.8, 4) is 0 Å². The normalized spacial score (nSPS) is 14.6. The quantitative estimate of drug-likeness (QED) is 0.515. The Hall–Kier alpha value is -0.520. The lowest BCUT2D eigenvalue weighted by atomic mass is 10.0. The summed E-state index contributed by atoms with van der Waals surface area (Å²) >= 11 is 0. The van der Waals surface area contributed by atoms with Crippen molar-refractivity contribution in [1.82, 2.24) is 0 Å². The van der Waals surface area contributed by atoms with Crippen molar-refractivity contribution in [2.45, 2.75) is 46.5 Å². The maximum Gasteiger partial charge on any atom is -0.0325 e. The first-order chi connectivity index (χ1) is 5.81. The monoisotopic (exact) mass is 166 g/mol. The number of hydrogen-bond acceptors (Lipinski definition) is 0. The van der Waals surface area contributed by atoms with Crippen LogP contribution in [0.1, 0.15) is 46.5 Å². The lowest BCUT2D eigenvalue weighted by molar-refractivity contribution is 0.546. The molecule has 0 amide bonds. The molecule has 0 saturated carbocycles. The zero-order chi connectivity index (χ0) is 9.23. The zero-order valence-corrected chi connectivity index (χ0v) is 8.72. The van der Waals surface area contributed by atoms with E-state index in [-0.39, 0.29) is 0 Å². The molecule has 0 aliphatic rings. The Labute approximate surface area is 77.4 Å². The number of allylic oxidation sites excluding steroid dienone is 4. The van der Waals surface area contributed by atoms with E-state index in [1.165, 1.54) is 25.7 Å². The SMILES string of the molecule is CC=CCC(C)CCC=CCC. The summed E-state index contributed by atoms with van der Waals surface area (Å²) in [5.41, 5.74) is 0. The van der Waals surface area contributed by atoms with E-state index in [0.29, 0.717) is 0 Å². The Balaban J connectivity index is 3.30. The van der Waals surface area contributed by atoms with Gasteiger partial charge in [0.1, 0.15) is 0 Å². The smallest absolute Gasteiger partial charge is 0.0325 e. The predicted octanol–water partition coefficient (Wildman–Crippen LogP) is 4.34. The van der Waals surface area contributed by atoms with E-state index in [0.717, 1.165) is 5.92 Å². The van der Waals surface area contributed by atoms with Gasteiger partial charge in [-0.25, -0.2) is 0 Å². The van der Waals surface area contributed by atoms with Crippen LogP contribution in [0.25, 0.3) is 0 Å². The van der Waals surface area contributed by atoms with Crippen molar-refractivity contribution in [1.29, 1.82) is 0 Å². The van der Waals surface area contributed by atoms with Crippen molar-refractivity contribution < 1.29 is 0 Å². The van der Waals surface area contributed by atoms with E-state index in [9.17, 15) is 0 Å². The molecule has 0 aromatic heterocycles. The standard InChI is InChI=1S/C12H22/c1-4-6-8-9-11-12(3)10-7-5-2/h5-8,12H,4,9-11H2,1-3H3. The summed E-state index contributed by atoms with van der Waals surface area (Å²) in [6.45, 7) is 6.59. The molecule has 0 aliphatic carbocycles. The molecule has 0 aromatic rings. The average Bonchev–Trinajstić information content (AvgIpc) is 2.09. The van der Waals surface area contributed by atoms with Crippen molar-refractivity contribution in [2.24, 2.45) is 5.92 Å². The first-order valence-corrected chi connectivity index (χ1v) is 5.07. The van der Waals surface area contributed by atoms with Gasteiger partial charge in [-0.1, -0.05) is 38.2 Å². The first kappa shape index (κ1) is 11.5. The van der Waals surface area contributed by atoms with Crippen molar-refractivity contribution >= 4 is 0 Å². The molecule has 0 rings (SSSR count). The zero-order valence-electron chi connectivity index (χ0n) is 8.72. The van der Waals surface area contributed by atoms with E-state index in [1.807, 2.05) is 0 Å². The molecule has 0 fully saturated rings. The average molecular weight is 166 g/mol. The molecular weight excluding hydrogens is 144 g/mol. The van der Waals surface area contributed by atoms with Crippen LogP contribution in [0.3, 0.4) is 0 Å². The summed E-state index contributed by atoms with van der Waals surface area (Å²) in [4.78, 5) is 0. The lowest BCUT2D eigenvalue weighted by Crippen LogP contribution is -1.90. The Morgan fingerprint density at radius 3 is 2.50 bits per heavy atom. The highest BCUT2D eigenvalue weighted by Gasteiger charge is 1.96. The van der Waals surface area contributed by atoms with Crippen LogP contribution >= 0.6 is 0 Å². The molecule has 0 aliphatic heterocycles. The van der Waals surface area contributed by atoms with Gasteiger partial charge in [-0.2, -0.15) is 0 Å². The molecule has 0 heterocycles. The third-order valence-electron chi connectivity index (χ3n) is 2.00. The Bertz CT molecular complexity index is 131. The molecule has 1 unspecified atom stereocenters. The van der Waals surface area contributed by atoms with Crippen LogP contribution in [0, 0.1) is 5.92 Å². The van der Waals surface area contributed by atoms with Gasteiger partial charge in [-0.05, 0) is 38.5 Å². The first-order valence-electron chi connectivity index (χ1n) is 5.07. The van der Waals surface area contributed by atoms with Gasteiger partial charge in [0, 0.05) is 0 Å². The van der Waals surface area contributed by atoms with E-state index < -0.39 is 0 Å². The van der Waals surface area contributed by atoms with Crippen LogP contribution in [0.5, 0.6) is 0 Å². The lowest BCUT2D eigenvalue weighted by Gasteiger charge is -2.05. The fourth-order valence-corrected chi connectivity index (χ4v) is 1.15. The van der Waals surface area contributed by atoms with Gasteiger partial charge in [-0.3, -0.25) is 0 Å². The molecular formula is C12H22. The molecule has 1 atom stereocenters. The minimum atomic E-state index is 0.836. The maximum absolute atomic E-state index is 2.32. The van der Waals surface area contributed by atoms with Crippen LogP contribution < -0.4 is 0 Å². The predicted molar refractivity (Wildman–Crippen MR) is 57.3 cm³/mol. The van der Waals surface area contributed by atoms with Crippen LogP contribution in [0.15, 0.2) is 24.3 Å². The van der Waals surface area contributed by atoms with Gasteiger partial charge in [-0.15, -0.1) is 0 Å². The van der Waals surface area contributed by atoms with Gasteiger partial charge < -0.3 is 0 Å². The summed E-state index contributed by atoms with van der Waals surface area (Å²) in [6.07, 6.45) is 13.9. The fourth-order valence-electron chi connectivity index (χ4n) is 1.15. The molecule has 0 N–H and O–H groups in total. The number of rotatable bonds is 6.